The first-order valence-corrected chi connectivity index (χ1v) is 5.72. The Morgan fingerprint density at radius 2 is 2.00 bits per heavy atom. The Balaban J connectivity index is 2.46. The third-order valence-electron chi connectivity index (χ3n) is 3.52. The van der Waals surface area contributed by atoms with Gasteiger partial charge >= 0.3 is 0 Å². The molecular formula is C12H16N2O2. The van der Waals surface area contributed by atoms with E-state index in [0.29, 0.717) is 0 Å². The van der Waals surface area contributed by atoms with E-state index < -0.39 is 5.54 Å². The zero-order chi connectivity index (χ0) is 11.6. The van der Waals surface area contributed by atoms with E-state index in [-0.39, 0.29) is 0 Å². The van der Waals surface area contributed by atoms with Crippen molar-refractivity contribution in [3.8, 4) is 0 Å². The Kier molecular flexibility index (Phi) is 2.92. The monoisotopic (exact) mass is 220 g/mol. The molecule has 16 heavy (non-hydrogen) atoms. The summed E-state index contributed by atoms with van der Waals surface area (Å²) in [5, 5.41) is 3.95. The van der Waals surface area contributed by atoms with Crippen molar-refractivity contribution in [2.75, 3.05) is 0 Å². The van der Waals surface area contributed by atoms with Crippen LogP contribution in [0.25, 0.3) is 0 Å². The molecule has 0 bridgehead atoms. The van der Waals surface area contributed by atoms with Crippen LogP contribution < -0.4 is 0 Å². The minimum Gasteiger partial charge on any atom is -0.358 e. The van der Waals surface area contributed by atoms with Crippen molar-refractivity contribution in [3.05, 3.63) is 17.0 Å². The SMILES string of the molecule is Cc1noc(C2(N=C=O)CCCCC2)c1C. The molecule has 0 saturated heterocycles. The lowest BCUT2D eigenvalue weighted by Gasteiger charge is -2.29. The molecule has 86 valence electrons. The zero-order valence-electron chi connectivity index (χ0n) is 9.75. The van der Waals surface area contributed by atoms with Gasteiger partial charge in [0, 0.05) is 5.56 Å². The van der Waals surface area contributed by atoms with Crippen LogP contribution in [-0.4, -0.2) is 11.2 Å². The summed E-state index contributed by atoms with van der Waals surface area (Å²) in [5.74, 6) is 0.757. The molecule has 1 heterocycles. The second kappa shape index (κ2) is 4.22. The van der Waals surface area contributed by atoms with Gasteiger partial charge in [0.25, 0.3) is 0 Å². The molecule has 0 aromatic carbocycles. The van der Waals surface area contributed by atoms with Gasteiger partial charge in [0.15, 0.2) is 5.76 Å². The summed E-state index contributed by atoms with van der Waals surface area (Å²) in [6.45, 7) is 3.88. The topological polar surface area (TPSA) is 55.5 Å². The fourth-order valence-corrected chi connectivity index (χ4v) is 2.46. The molecule has 1 aromatic heterocycles. The highest BCUT2D eigenvalue weighted by Gasteiger charge is 2.39. The Labute approximate surface area is 94.7 Å². The van der Waals surface area contributed by atoms with Crippen LogP contribution in [0.3, 0.4) is 0 Å². The molecule has 0 atom stereocenters. The fourth-order valence-electron chi connectivity index (χ4n) is 2.46. The number of isocyanates is 1. The number of rotatable bonds is 2. The van der Waals surface area contributed by atoms with Crippen LogP contribution >= 0.6 is 0 Å². The number of hydrogen-bond acceptors (Lipinski definition) is 4. The van der Waals surface area contributed by atoms with Crippen molar-refractivity contribution in [1.82, 2.24) is 5.16 Å². The maximum atomic E-state index is 10.6. The second-order valence-electron chi connectivity index (χ2n) is 4.52. The lowest BCUT2D eigenvalue weighted by Crippen LogP contribution is -2.27. The zero-order valence-corrected chi connectivity index (χ0v) is 9.75. The van der Waals surface area contributed by atoms with Gasteiger partial charge < -0.3 is 4.52 Å². The van der Waals surface area contributed by atoms with Gasteiger partial charge in [-0.05, 0) is 26.7 Å². The highest BCUT2D eigenvalue weighted by Crippen LogP contribution is 2.42. The number of hydrogen-bond donors (Lipinski definition) is 0. The van der Waals surface area contributed by atoms with Crippen LogP contribution in [0, 0.1) is 13.8 Å². The maximum Gasteiger partial charge on any atom is 0.235 e. The first-order chi connectivity index (χ1) is 7.69. The molecule has 0 unspecified atom stereocenters. The predicted molar refractivity (Wildman–Crippen MR) is 58.9 cm³/mol. The molecule has 2 rings (SSSR count). The lowest BCUT2D eigenvalue weighted by atomic mass is 9.79. The third kappa shape index (κ3) is 1.69. The minimum absolute atomic E-state index is 0.495. The lowest BCUT2D eigenvalue weighted by molar-refractivity contribution is 0.228. The number of aliphatic imine (C=N–C) groups is 1. The molecule has 1 aromatic rings. The smallest absolute Gasteiger partial charge is 0.235 e. The molecule has 1 aliphatic rings. The number of nitrogens with zero attached hydrogens (tertiary/aromatic N) is 2. The molecule has 1 saturated carbocycles. The van der Waals surface area contributed by atoms with E-state index in [1.165, 1.54) is 6.42 Å². The molecule has 0 amide bonds. The van der Waals surface area contributed by atoms with Gasteiger partial charge in [-0.2, -0.15) is 4.99 Å². The van der Waals surface area contributed by atoms with E-state index in [1.807, 2.05) is 13.8 Å². The van der Waals surface area contributed by atoms with Gasteiger partial charge in [-0.1, -0.05) is 24.4 Å². The molecule has 0 aliphatic heterocycles. The van der Waals surface area contributed by atoms with Crippen LogP contribution in [-0.2, 0) is 10.3 Å². The first kappa shape index (κ1) is 11.1. The van der Waals surface area contributed by atoms with Crippen molar-refractivity contribution in [2.45, 2.75) is 51.5 Å². The van der Waals surface area contributed by atoms with Crippen LogP contribution in [0.5, 0.6) is 0 Å². The third-order valence-corrected chi connectivity index (χ3v) is 3.52. The van der Waals surface area contributed by atoms with Crippen molar-refractivity contribution in [2.24, 2.45) is 4.99 Å². The highest BCUT2D eigenvalue weighted by molar-refractivity contribution is 5.38. The Morgan fingerprint density at radius 1 is 1.31 bits per heavy atom. The van der Waals surface area contributed by atoms with Crippen molar-refractivity contribution >= 4 is 6.08 Å². The average Bonchev–Trinajstić information content (AvgIpc) is 2.62. The average molecular weight is 220 g/mol. The number of aryl methyl sites for hydroxylation is 1. The molecular weight excluding hydrogens is 204 g/mol. The maximum absolute atomic E-state index is 10.6. The molecule has 1 fully saturated rings. The summed E-state index contributed by atoms with van der Waals surface area (Å²) < 4.78 is 5.37. The highest BCUT2D eigenvalue weighted by atomic mass is 16.5. The van der Waals surface area contributed by atoms with E-state index in [9.17, 15) is 4.79 Å². The summed E-state index contributed by atoms with van der Waals surface area (Å²) in [7, 11) is 0. The Bertz CT molecular complexity index is 424. The van der Waals surface area contributed by atoms with Crippen molar-refractivity contribution in [1.29, 1.82) is 0 Å². The van der Waals surface area contributed by atoms with Gasteiger partial charge in [0.2, 0.25) is 6.08 Å². The molecule has 4 heteroatoms. The number of carbonyl (C=O) groups excluding carboxylic acids is 1. The van der Waals surface area contributed by atoms with Gasteiger partial charge in [-0.25, -0.2) is 4.79 Å². The van der Waals surface area contributed by atoms with Crippen LogP contribution in [0.4, 0.5) is 0 Å². The normalized spacial score (nSPS) is 19.1. The number of aromatic nitrogens is 1. The van der Waals surface area contributed by atoms with Gasteiger partial charge in [-0.15, -0.1) is 0 Å². The van der Waals surface area contributed by atoms with Crippen LogP contribution in [0.15, 0.2) is 9.52 Å². The minimum atomic E-state index is -0.495. The van der Waals surface area contributed by atoms with Gasteiger partial charge in [-0.3, -0.25) is 0 Å². The largest absolute Gasteiger partial charge is 0.358 e. The van der Waals surface area contributed by atoms with E-state index in [2.05, 4.69) is 10.1 Å². The Morgan fingerprint density at radius 3 is 2.50 bits per heavy atom. The van der Waals surface area contributed by atoms with Crippen LogP contribution in [0.1, 0.15) is 49.1 Å². The van der Waals surface area contributed by atoms with Gasteiger partial charge in [0.05, 0.1) is 5.69 Å². The van der Waals surface area contributed by atoms with E-state index in [1.54, 1.807) is 6.08 Å². The molecule has 0 N–H and O–H groups in total. The fraction of sp³-hybridized carbons (Fsp3) is 0.667. The predicted octanol–water partition coefficient (Wildman–Crippen LogP) is 2.79. The van der Waals surface area contributed by atoms with Crippen LogP contribution in [0.2, 0.25) is 0 Å². The standard InChI is InChI=1S/C12H16N2O2/c1-9-10(2)14-16-11(9)12(13-8-15)6-4-3-5-7-12/h3-7H2,1-2H3. The summed E-state index contributed by atoms with van der Waals surface area (Å²) in [6.07, 6.45) is 6.76. The van der Waals surface area contributed by atoms with E-state index >= 15 is 0 Å². The second-order valence-corrected chi connectivity index (χ2v) is 4.52. The first-order valence-electron chi connectivity index (χ1n) is 5.72. The van der Waals surface area contributed by atoms with Crippen molar-refractivity contribution in [3.63, 3.8) is 0 Å². The molecule has 0 radical (unpaired) electrons. The summed E-state index contributed by atoms with van der Waals surface area (Å²) in [5.41, 5.74) is 1.40. The summed E-state index contributed by atoms with van der Waals surface area (Å²) >= 11 is 0. The Hall–Kier alpha value is -1.41. The van der Waals surface area contributed by atoms with E-state index in [0.717, 1.165) is 42.7 Å². The van der Waals surface area contributed by atoms with Gasteiger partial charge in [0.1, 0.15) is 5.54 Å². The quantitative estimate of drug-likeness (QED) is 0.568. The summed E-state index contributed by atoms with van der Waals surface area (Å²) in [4.78, 5) is 14.6. The van der Waals surface area contributed by atoms with E-state index in [4.69, 9.17) is 4.52 Å². The molecule has 1 aliphatic carbocycles. The summed E-state index contributed by atoms with van der Waals surface area (Å²) in [6, 6.07) is 0. The molecule has 0 spiro atoms. The molecule has 4 nitrogen and oxygen atoms in total. The van der Waals surface area contributed by atoms with Crippen molar-refractivity contribution < 1.29 is 9.32 Å².